The molecule has 0 saturated carbocycles. The Morgan fingerprint density at radius 2 is 1.74 bits per heavy atom. The highest BCUT2D eigenvalue weighted by atomic mass is 16.2. The summed E-state index contributed by atoms with van der Waals surface area (Å²) < 4.78 is 0. The van der Waals surface area contributed by atoms with E-state index in [1.165, 1.54) is 0 Å². The maximum atomic E-state index is 12.6. The lowest BCUT2D eigenvalue weighted by atomic mass is 9.93. The van der Waals surface area contributed by atoms with Gasteiger partial charge in [0.05, 0.1) is 12.2 Å². The first kappa shape index (κ1) is 16.5. The van der Waals surface area contributed by atoms with Crippen molar-refractivity contribution < 1.29 is 4.79 Å². The summed E-state index contributed by atoms with van der Waals surface area (Å²) in [7, 11) is 0. The quantitative estimate of drug-likeness (QED) is 0.767. The Hall–Kier alpha value is -0.570. The number of nitrogens with one attached hydrogen (secondary N) is 1. The summed E-state index contributed by atoms with van der Waals surface area (Å²) in [6.07, 6.45) is 4.46. The summed E-state index contributed by atoms with van der Waals surface area (Å²) in [6.45, 7) is 13.2. The van der Waals surface area contributed by atoms with E-state index in [9.17, 15) is 4.79 Å². The molecule has 0 aromatic rings. The third kappa shape index (κ3) is 3.71. The molecule has 0 aromatic carbocycles. The lowest BCUT2D eigenvalue weighted by molar-refractivity contribution is -0.133. The Morgan fingerprint density at radius 1 is 1.16 bits per heavy atom. The van der Waals surface area contributed by atoms with Crippen LogP contribution >= 0.6 is 0 Å². The molecule has 1 N–H and O–H groups in total. The molecule has 0 radical (unpaired) electrons. The van der Waals surface area contributed by atoms with Gasteiger partial charge in [0.15, 0.2) is 0 Å². The van der Waals surface area contributed by atoms with Crippen molar-refractivity contribution in [3.05, 3.63) is 0 Å². The first-order valence-electron chi connectivity index (χ1n) is 8.04. The standard InChI is InChI=1S/C16H32N2O/c1-7-13(8-2)12(6)18-15(10-11(4)5)17-14(9-3)16(18)19/h11-15,17H,7-10H2,1-6H3. The molecule has 0 bridgehead atoms. The number of carbonyl (C=O) groups excluding carboxylic acids is 1. The van der Waals surface area contributed by atoms with E-state index in [0.717, 1.165) is 25.7 Å². The van der Waals surface area contributed by atoms with Gasteiger partial charge in [0.1, 0.15) is 0 Å². The number of amides is 1. The van der Waals surface area contributed by atoms with E-state index < -0.39 is 0 Å². The summed E-state index contributed by atoms with van der Waals surface area (Å²) in [4.78, 5) is 14.7. The van der Waals surface area contributed by atoms with Gasteiger partial charge in [-0.3, -0.25) is 10.1 Å². The zero-order chi connectivity index (χ0) is 14.6. The van der Waals surface area contributed by atoms with Crippen LogP contribution < -0.4 is 5.32 Å². The Morgan fingerprint density at radius 3 is 2.16 bits per heavy atom. The van der Waals surface area contributed by atoms with Crippen molar-refractivity contribution in [2.24, 2.45) is 11.8 Å². The molecule has 112 valence electrons. The Bertz CT molecular complexity index is 286. The van der Waals surface area contributed by atoms with Crippen LogP contribution in [-0.2, 0) is 4.79 Å². The summed E-state index contributed by atoms with van der Waals surface area (Å²) in [5.74, 6) is 1.53. The molecule has 1 aliphatic heterocycles. The topological polar surface area (TPSA) is 32.3 Å². The van der Waals surface area contributed by atoms with Crippen LogP contribution in [0.25, 0.3) is 0 Å². The molecule has 1 amide bonds. The van der Waals surface area contributed by atoms with Crippen LogP contribution in [0, 0.1) is 11.8 Å². The van der Waals surface area contributed by atoms with Crippen LogP contribution in [-0.4, -0.2) is 29.1 Å². The van der Waals surface area contributed by atoms with Gasteiger partial charge < -0.3 is 4.90 Å². The Labute approximate surface area is 119 Å². The first-order chi connectivity index (χ1) is 8.96. The zero-order valence-electron chi connectivity index (χ0n) is 13.6. The largest absolute Gasteiger partial charge is 0.323 e. The highest BCUT2D eigenvalue weighted by Crippen LogP contribution is 2.27. The van der Waals surface area contributed by atoms with E-state index in [-0.39, 0.29) is 12.2 Å². The van der Waals surface area contributed by atoms with Gasteiger partial charge in [-0.15, -0.1) is 0 Å². The molecule has 1 rings (SSSR count). The van der Waals surface area contributed by atoms with Crippen LogP contribution in [0.15, 0.2) is 0 Å². The maximum absolute atomic E-state index is 12.6. The van der Waals surface area contributed by atoms with Crippen LogP contribution in [0.4, 0.5) is 0 Å². The molecule has 0 aliphatic carbocycles. The second-order valence-corrected chi connectivity index (χ2v) is 6.34. The average Bonchev–Trinajstić information content (AvgIpc) is 2.66. The number of hydrogen-bond acceptors (Lipinski definition) is 2. The van der Waals surface area contributed by atoms with Gasteiger partial charge in [-0.25, -0.2) is 0 Å². The van der Waals surface area contributed by atoms with E-state index in [0.29, 0.717) is 23.8 Å². The van der Waals surface area contributed by atoms with Crippen molar-refractivity contribution in [3.8, 4) is 0 Å². The summed E-state index contributed by atoms with van der Waals surface area (Å²) in [5, 5.41) is 3.53. The highest BCUT2D eigenvalue weighted by Gasteiger charge is 2.41. The van der Waals surface area contributed by atoms with Crippen molar-refractivity contribution >= 4 is 5.91 Å². The minimum atomic E-state index is 0.0283. The van der Waals surface area contributed by atoms with Gasteiger partial charge in [-0.1, -0.05) is 47.5 Å². The Balaban J connectivity index is 2.87. The molecule has 3 heteroatoms. The van der Waals surface area contributed by atoms with Crippen LogP contribution in [0.3, 0.4) is 0 Å². The molecule has 1 aliphatic rings. The normalized spacial score (nSPS) is 25.7. The van der Waals surface area contributed by atoms with E-state index in [1.54, 1.807) is 0 Å². The highest BCUT2D eigenvalue weighted by molar-refractivity contribution is 5.84. The van der Waals surface area contributed by atoms with Gasteiger partial charge in [0.25, 0.3) is 0 Å². The summed E-state index contributed by atoms with van der Waals surface area (Å²) in [6, 6.07) is 0.371. The molecule has 3 unspecified atom stereocenters. The number of nitrogens with zero attached hydrogens (tertiary/aromatic N) is 1. The maximum Gasteiger partial charge on any atom is 0.241 e. The SMILES string of the molecule is CCC1NC(CC(C)C)N(C(C)C(CC)CC)C1=O. The lowest BCUT2D eigenvalue weighted by Gasteiger charge is -2.35. The van der Waals surface area contributed by atoms with E-state index >= 15 is 0 Å². The molecule has 1 fully saturated rings. The minimum absolute atomic E-state index is 0.0283. The zero-order valence-corrected chi connectivity index (χ0v) is 13.6. The third-order valence-electron chi connectivity index (χ3n) is 4.55. The lowest BCUT2D eigenvalue weighted by Crippen LogP contribution is -2.47. The van der Waals surface area contributed by atoms with Crippen LogP contribution in [0.2, 0.25) is 0 Å². The molecular weight excluding hydrogens is 236 g/mol. The third-order valence-corrected chi connectivity index (χ3v) is 4.55. The predicted molar refractivity (Wildman–Crippen MR) is 80.8 cm³/mol. The molecule has 3 nitrogen and oxygen atoms in total. The van der Waals surface area contributed by atoms with E-state index in [2.05, 4.69) is 51.8 Å². The number of hydrogen-bond donors (Lipinski definition) is 1. The number of rotatable bonds is 7. The smallest absolute Gasteiger partial charge is 0.241 e. The van der Waals surface area contributed by atoms with Crippen LogP contribution in [0.1, 0.15) is 67.2 Å². The molecule has 19 heavy (non-hydrogen) atoms. The summed E-state index contributed by atoms with van der Waals surface area (Å²) >= 11 is 0. The van der Waals surface area contributed by atoms with Crippen molar-refractivity contribution in [2.75, 3.05) is 0 Å². The fourth-order valence-electron chi connectivity index (χ4n) is 3.32. The van der Waals surface area contributed by atoms with Gasteiger partial charge in [-0.05, 0) is 31.6 Å². The van der Waals surface area contributed by atoms with Gasteiger partial charge in [0.2, 0.25) is 5.91 Å². The van der Waals surface area contributed by atoms with Gasteiger partial charge in [-0.2, -0.15) is 0 Å². The fraction of sp³-hybridized carbons (Fsp3) is 0.938. The minimum Gasteiger partial charge on any atom is -0.323 e. The van der Waals surface area contributed by atoms with Crippen molar-refractivity contribution in [3.63, 3.8) is 0 Å². The van der Waals surface area contributed by atoms with Gasteiger partial charge >= 0.3 is 0 Å². The molecular formula is C16H32N2O. The number of carbonyl (C=O) groups is 1. The molecule has 3 atom stereocenters. The first-order valence-corrected chi connectivity index (χ1v) is 8.04. The second kappa shape index (κ2) is 7.28. The average molecular weight is 268 g/mol. The molecule has 0 aromatic heterocycles. The molecule has 1 heterocycles. The van der Waals surface area contributed by atoms with Crippen molar-refractivity contribution in [1.82, 2.24) is 10.2 Å². The summed E-state index contributed by atoms with van der Waals surface area (Å²) in [5.41, 5.74) is 0. The van der Waals surface area contributed by atoms with E-state index in [1.807, 2.05) is 0 Å². The second-order valence-electron chi connectivity index (χ2n) is 6.34. The Kier molecular flexibility index (Phi) is 6.31. The van der Waals surface area contributed by atoms with E-state index in [4.69, 9.17) is 0 Å². The monoisotopic (exact) mass is 268 g/mol. The fourth-order valence-corrected chi connectivity index (χ4v) is 3.32. The van der Waals surface area contributed by atoms with Crippen molar-refractivity contribution in [2.45, 2.75) is 85.5 Å². The molecule has 1 saturated heterocycles. The predicted octanol–water partition coefficient (Wildman–Crippen LogP) is 3.39. The van der Waals surface area contributed by atoms with Crippen molar-refractivity contribution in [1.29, 1.82) is 0 Å². The molecule has 0 spiro atoms. The van der Waals surface area contributed by atoms with Crippen LogP contribution in [0.5, 0.6) is 0 Å². The van der Waals surface area contributed by atoms with Gasteiger partial charge in [0, 0.05) is 6.04 Å².